The largest absolute Gasteiger partial charge is 0.489 e. The summed E-state index contributed by atoms with van der Waals surface area (Å²) < 4.78 is 5.73. The molecule has 0 saturated carbocycles. The molecule has 0 unspecified atom stereocenters. The van der Waals surface area contributed by atoms with Gasteiger partial charge in [-0.2, -0.15) is 0 Å². The lowest BCUT2D eigenvalue weighted by molar-refractivity contribution is 0.306. The van der Waals surface area contributed by atoms with Gasteiger partial charge in [-0.25, -0.2) is 0 Å². The van der Waals surface area contributed by atoms with E-state index in [2.05, 4.69) is 38.1 Å². The lowest BCUT2D eigenvalue weighted by atomic mass is 10.1. The standard InChI is InChI=1S/C15H16O.2C2H6/c1-12-8-9-15(10-13(12)2)16-11-14-6-4-3-5-7-14;2*1-2/h3-10H,11H2,1-2H3;2*1-2H3. The molecule has 0 atom stereocenters. The van der Waals surface area contributed by atoms with E-state index < -0.39 is 0 Å². The second kappa shape index (κ2) is 11.1. The minimum atomic E-state index is 0.628. The zero-order chi connectivity index (χ0) is 15.4. The Hall–Kier alpha value is -1.76. The van der Waals surface area contributed by atoms with Crippen molar-refractivity contribution in [3.63, 3.8) is 0 Å². The smallest absolute Gasteiger partial charge is 0.120 e. The Bertz CT molecular complexity index is 460. The number of hydrogen-bond acceptors (Lipinski definition) is 1. The Labute approximate surface area is 124 Å². The fraction of sp³-hybridized carbons (Fsp3) is 0.368. The number of rotatable bonds is 3. The molecule has 0 heterocycles. The normalized spacial score (nSPS) is 8.70. The van der Waals surface area contributed by atoms with Crippen LogP contribution in [0.15, 0.2) is 48.5 Å². The van der Waals surface area contributed by atoms with E-state index in [4.69, 9.17) is 4.74 Å². The lowest BCUT2D eigenvalue weighted by Crippen LogP contribution is -1.95. The molecule has 2 rings (SSSR count). The van der Waals surface area contributed by atoms with Crippen molar-refractivity contribution in [2.24, 2.45) is 0 Å². The molecule has 0 amide bonds. The van der Waals surface area contributed by atoms with Gasteiger partial charge in [-0.1, -0.05) is 64.1 Å². The van der Waals surface area contributed by atoms with Crippen LogP contribution in [0.3, 0.4) is 0 Å². The van der Waals surface area contributed by atoms with Crippen molar-refractivity contribution in [2.75, 3.05) is 0 Å². The van der Waals surface area contributed by atoms with Crippen LogP contribution in [0.4, 0.5) is 0 Å². The molecule has 0 aliphatic rings. The average molecular weight is 272 g/mol. The molecule has 0 aliphatic carbocycles. The Balaban J connectivity index is 0.000000829. The van der Waals surface area contributed by atoms with Gasteiger partial charge in [0.25, 0.3) is 0 Å². The van der Waals surface area contributed by atoms with Gasteiger partial charge in [0.2, 0.25) is 0 Å². The van der Waals surface area contributed by atoms with Crippen molar-refractivity contribution in [3.8, 4) is 5.75 Å². The highest BCUT2D eigenvalue weighted by Gasteiger charge is 1.97. The van der Waals surface area contributed by atoms with Gasteiger partial charge in [-0.05, 0) is 42.7 Å². The van der Waals surface area contributed by atoms with Gasteiger partial charge in [-0.15, -0.1) is 0 Å². The fourth-order valence-corrected chi connectivity index (χ4v) is 1.54. The highest BCUT2D eigenvalue weighted by atomic mass is 16.5. The van der Waals surface area contributed by atoms with E-state index in [1.165, 1.54) is 16.7 Å². The first-order valence-electron chi connectivity index (χ1n) is 7.50. The minimum Gasteiger partial charge on any atom is -0.489 e. The van der Waals surface area contributed by atoms with Gasteiger partial charge in [0.1, 0.15) is 12.4 Å². The number of hydrogen-bond donors (Lipinski definition) is 0. The van der Waals surface area contributed by atoms with E-state index in [1.54, 1.807) is 0 Å². The highest BCUT2D eigenvalue weighted by Crippen LogP contribution is 2.17. The predicted molar refractivity (Wildman–Crippen MR) is 89.4 cm³/mol. The van der Waals surface area contributed by atoms with E-state index in [9.17, 15) is 0 Å². The van der Waals surface area contributed by atoms with Crippen LogP contribution in [0.25, 0.3) is 0 Å². The first kappa shape index (κ1) is 18.2. The van der Waals surface area contributed by atoms with E-state index in [-0.39, 0.29) is 0 Å². The van der Waals surface area contributed by atoms with E-state index in [0.29, 0.717) is 6.61 Å². The van der Waals surface area contributed by atoms with Gasteiger partial charge in [0, 0.05) is 0 Å². The summed E-state index contributed by atoms with van der Waals surface area (Å²) in [6.45, 7) is 12.8. The van der Waals surface area contributed by atoms with Gasteiger partial charge >= 0.3 is 0 Å². The molecule has 0 bridgehead atoms. The molecule has 0 fully saturated rings. The maximum atomic E-state index is 5.73. The van der Waals surface area contributed by atoms with Crippen LogP contribution in [0.5, 0.6) is 5.75 Å². The third-order valence-corrected chi connectivity index (χ3v) is 2.73. The summed E-state index contributed by atoms with van der Waals surface area (Å²) >= 11 is 0. The molecule has 2 aromatic rings. The van der Waals surface area contributed by atoms with Gasteiger partial charge in [0.05, 0.1) is 0 Å². The fourth-order valence-electron chi connectivity index (χ4n) is 1.54. The van der Waals surface area contributed by atoms with Crippen molar-refractivity contribution >= 4 is 0 Å². The van der Waals surface area contributed by atoms with Crippen LogP contribution in [0.2, 0.25) is 0 Å². The summed E-state index contributed by atoms with van der Waals surface area (Å²) in [6.07, 6.45) is 0. The van der Waals surface area contributed by atoms with E-state index in [1.807, 2.05) is 52.0 Å². The zero-order valence-electron chi connectivity index (χ0n) is 13.7. The van der Waals surface area contributed by atoms with Crippen molar-refractivity contribution < 1.29 is 4.74 Å². The molecule has 0 aromatic heterocycles. The molecular formula is C19H28O. The lowest BCUT2D eigenvalue weighted by Gasteiger charge is -2.08. The third kappa shape index (κ3) is 6.42. The molecule has 0 spiro atoms. The van der Waals surface area contributed by atoms with Gasteiger partial charge in [-0.3, -0.25) is 0 Å². The van der Waals surface area contributed by atoms with Crippen LogP contribution < -0.4 is 4.74 Å². The van der Waals surface area contributed by atoms with E-state index in [0.717, 1.165) is 5.75 Å². The second-order valence-electron chi connectivity index (χ2n) is 4.02. The van der Waals surface area contributed by atoms with Gasteiger partial charge in [0.15, 0.2) is 0 Å². The maximum absolute atomic E-state index is 5.73. The Kier molecular flexibility index (Phi) is 10.1. The minimum absolute atomic E-state index is 0.628. The molecule has 1 heteroatoms. The third-order valence-electron chi connectivity index (χ3n) is 2.73. The first-order valence-corrected chi connectivity index (χ1v) is 7.50. The SMILES string of the molecule is CC.CC.Cc1ccc(OCc2ccccc2)cc1C. The summed E-state index contributed by atoms with van der Waals surface area (Å²) in [7, 11) is 0. The van der Waals surface area contributed by atoms with Crippen molar-refractivity contribution in [1.82, 2.24) is 0 Å². The van der Waals surface area contributed by atoms with Gasteiger partial charge < -0.3 is 4.74 Å². The Morgan fingerprint density at radius 1 is 0.750 bits per heavy atom. The van der Waals surface area contributed by atoms with Crippen LogP contribution in [0.1, 0.15) is 44.4 Å². The highest BCUT2D eigenvalue weighted by molar-refractivity contribution is 5.34. The average Bonchev–Trinajstić information content (AvgIpc) is 2.53. The topological polar surface area (TPSA) is 9.23 Å². The van der Waals surface area contributed by atoms with Crippen molar-refractivity contribution in [1.29, 1.82) is 0 Å². The van der Waals surface area contributed by atoms with E-state index >= 15 is 0 Å². The summed E-state index contributed by atoms with van der Waals surface area (Å²) in [5.41, 5.74) is 3.76. The summed E-state index contributed by atoms with van der Waals surface area (Å²) in [5, 5.41) is 0. The van der Waals surface area contributed by atoms with Crippen LogP contribution in [0, 0.1) is 13.8 Å². The summed E-state index contributed by atoms with van der Waals surface area (Å²) in [5.74, 6) is 0.937. The Morgan fingerprint density at radius 2 is 1.35 bits per heavy atom. The van der Waals surface area contributed by atoms with Crippen molar-refractivity contribution in [2.45, 2.75) is 48.1 Å². The molecule has 0 aliphatic heterocycles. The predicted octanol–water partition coefficient (Wildman–Crippen LogP) is 5.93. The number of aryl methyl sites for hydroxylation is 2. The number of ether oxygens (including phenoxy) is 1. The van der Waals surface area contributed by atoms with Crippen molar-refractivity contribution in [3.05, 3.63) is 65.2 Å². The number of benzene rings is 2. The van der Waals surface area contributed by atoms with Crippen LogP contribution >= 0.6 is 0 Å². The molecular weight excluding hydrogens is 244 g/mol. The molecule has 0 N–H and O–H groups in total. The van der Waals surface area contributed by atoms with Crippen LogP contribution in [-0.2, 0) is 6.61 Å². The molecule has 0 saturated heterocycles. The molecule has 2 aromatic carbocycles. The summed E-state index contributed by atoms with van der Waals surface area (Å²) in [4.78, 5) is 0. The quantitative estimate of drug-likeness (QED) is 0.672. The zero-order valence-corrected chi connectivity index (χ0v) is 13.7. The molecule has 1 nitrogen and oxygen atoms in total. The second-order valence-corrected chi connectivity index (χ2v) is 4.02. The Morgan fingerprint density at radius 3 is 1.90 bits per heavy atom. The van der Waals surface area contributed by atoms with Crippen LogP contribution in [-0.4, -0.2) is 0 Å². The molecule has 110 valence electrons. The molecule has 20 heavy (non-hydrogen) atoms. The first-order chi connectivity index (χ1) is 9.75. The molecule has 0 radical (unpaired) electrons. The maximum Gasteiger partial charge on any atom is 0.120 e. The summed E-state index contributed by atoms with van der Waals surface area (Å²) in [6, 6.07) is 16.4. The monoisotopic (exact) mass is 272 g/mol.